The highest BCUT2D eigenvalue weighted by Gasteiger charge is 2.14. The Kier molecular flexibility index (Phi) is 111. The largest absolute Gasteiger partial charge is 0.384 e. The van der Waals surface area contributed by atoms with E-state index in [1.54, 1.807) is 61.7 Å². The molecule has 0 aromatic rings. The van der Waals surface area contributed by atoms with Crippen LogP contribution in [0, 0.1) is 5.92 Å². The van der Waals surface area contributed by atoms with Gasteiger partial charge in [0.1, 0.15) is 13.5 Å². The number of carbonyl (C=O) groups is 3. The maximum Gasteiger partial charge on any atom is 0.236 e. The molecule has 0 saturated heterocycles. The third kappa shape index (κ3) is 109. The zero-order valence-corrected chi connectivity index (χ0v) is 56.2. The Hall–Kier alpha value is -2.67. The van der Waals surface area contributed by atoms with Crippen molar-refractivity contribution in [3.63, 3.8) is 0 Å². The molecule has 2 atom stereocenters. The van der Waals surface area contributed by atoms with Crippen molar-refractivity contribution in [2.45, 2.75) is 80.2 Å². The Bertz CT molecular complexity index is 1090. The fourth-order valence-corrected chi connectivity index (χ4v) is 5.14. The molecule has 0 bridgehead atoms. The lowest BCUT2D eigenvalue weighted by atomic mass is 10.00. The predicted molar refractivity (Wildman–Crippen MR) is 333 cm³/mol. The smallest absolute Gasteiger partial charge is 0.236 e. The van der Waals surface area contributed by atoms with Gasteiger partial charge < -0.3 is 92.1 Å². The van der Waals surface area contributed by atoms with Gasteiger partial charge in [0.2, 0.25) is 18.7 Å². The Morgan fingerprint density at radius 2 is 0.953 bits per heavy atom. The summed E-state index contributed by atoms with van der Waals surface area (Å²) in [7, 11) is 15.1. The van der Waals surface area contributed by atoms with Gasteiger partial charge in [0, 0.05) is 115 Å². The second kappa shape index (κ2) is 98.6. The van der Waals surface area contributed by atoms with Crippen LogP contribution in [0.2, 0.25) is 0 Å². The minimum absolute atomic E-state index is 0.0731. The molecule has 0 aliphatic carbocycles. The van der Waals surface area contributed by atoms with Crippen molar-refractivity contribution in [3.8, 4) is 0 Å². The summed E-state index contributed by atoms with van der Waals surface area (Å²) < 4.78 is 44.2. The van der Waals surface area contributed by atoms with Crippen LogP contribution in [0.25, 0.3) is 0 Å². The topological polar surface area (TPSA) is 353 Å². The van der Waals surface area contributed by atoms with Crippen molar-refractivity contribution in [1.29, 1.82) is 0 Å². The van der Waals surface area contributed by atoms with Crippen LogP contribution in [0.1, 0.15) is 74.1 Å². The zero-order valence-electron chi connectivity index (χ0n) is 56.2. The minimum atomic E-state index is -0.0731. The first kappa shape index (κ1) is 96.9. The standard InChI is InChI=1S/C13H27N3O3.3C7H18N2O3.C7H18N2O2.C6H16N2O2.C6H14N2O2/c1-12(8-19-4)7-13(14-2)5-6-16(11-18)9-15(3)10-17;1-3-11-5-9-7-12-6-8-4-10-2;2*1-3-11-8-5-7-12-9-4-6-10-2;1-3-11-9-6-4-5-8-7-10-2;1-3-7-5-10-6-8-4-9-2;1-3-4-10-8-5-6(9)7-2/h10-14H,5-9H2,1-4H3;3*8-9H,3-7H2,1-2H3;8-9H,3-7H2,1-2H3;7-8H,3-6H2,1-2H3;8H,3-5H2,1-2H3,(H,7,9). The van der Waals surface area contributed by atoms with Crippen molar-refractivity contribution in [3.05, 3.63) is 0 Å². The van der Waals surface area contributed by atoms with E-state index in [0.717, 1.165) is 64.9 Å². The molecule has 3 amide bonds. The van der Waals surface area contributed by atoms with E-state index < -0.39 is 0 Å². The van der Waals surface area contributed by atoms with Crippen LogP contribution >= 0.6 is 0 Å². The van der Waals surface area contributed by atoms with Crippen molar-refractivity contribution < 1.29 is 86.0 Å². The highest BCUT2D eigenvalue weighted by Crippen LogP contribution is 2.09. The number of hydroxylamine groups is 6. The van der Waals surface area contributed by atoms with Crippen LogP contribution in [0.4, 0.5) is 0 Å². The lowest BCUT2D eigenvalue weighted by Gasteiger charge is -2.25. The second-order valence-electron chi connectivity index (χ2n) is 16.9. The molecule has 0 fully saturated rings. The summed E-state index contributed by atoms with van der Waals surface area (Å²) in [6.07, 6.45) is 5.35. The van der Waals surface area contributed by atoms with Gasteiger partial charge in [-0.25, -0.2) is 27.4 Å². The lowest BCUT2D eigenvalue weighted by molar-refractivity contribution is -0.124. The first-order chi connectivity index (χ1) is 41.9. The molecule has 0 rings (SSSR count). The Balaban J connectivity index is -0.000000171. The van der Waals surface area contributed by atoms with E-state index in [4.69, 9.17) is 71.7 Å². The molecule has 2 unspecified atom stereocenters. The number of methoxy groups -OCH3 is 6. The van der Waals surface area contributed by atoms with Gasteiger partial charge in [-0.3, -0.25) is 41.0 Å². The van der Waals surface area contributed by atoms with Crippen LogP contribution in [0.3, 0.4) is 0 Å². The van der Waals surface area contributed by atoms with Gasteiger partial charge >= 0.3 is 0 Å². The molecule has 13 N–H and O–H groups in total. The number of hydrogen-bond donors (Lipinski definition) is 13. The van der Waals surface area contributed by atoms with Gasteiger partial charge in [0.15, 0.2) is 0 Å². The second-order valence-corrected chi connectivity index (χ2v) is 16.9. The molecule has 86 heavy (non-hydrogen) atoms. The van der Waals surface area contributed by atoms with Crippen LogP contribution in [0.15, 0.2) is 0 Å². The van der Waals surface area contributed by atoms with E-state index in [9.17, 15) is 14.4 Å². The normalized spacial score (nSPS) is 11.0. The van der Waals surface area contributed by atoms with Gasteiger partial charge in [-0.05, 0) is 79.4 Å². The van der Waals surface area contributed by atoms with Gasteiger partial charge in [-0.2, -0.15) is 5.48 Å². The molecule has 0 spiro atoms. The number of rotatable bonds is 59. The van der Waals surface area contributed by atoms with E-state index in [0.29, 0.717) is 164 Å². The van der Waals surface area contributed by atoms with Gasteiger partial charge in [-0.15, -0.1) is 0 Å². The zero-order chi connectivity index (χ0) is 65.7. The fourth-order valence-electron chi connectivity index (χ4n) is 5.14. The predicted octanol–water partition coefficient (Wildman–Crippen LogP) is -1.28. The molecule has 524 valence electrons. The number of nitrogens with zero attached hydrogens (tertiary/aromatic N) is 2. The van der Waals surface area contributed by atoms with Crippen molar-refractivity contribution in [2.24, 2.45) is 5.92 Å². The first-order valence-corrected chi connectivity index (χ1v) is 29.5. The summed E-state index contributed by atoms with van der Waals surface area (Å²) in [6.45, 7) is 31.5. The number of amides is 3. The molecule has 33 nitrogen and oxygen atoms in total. The SMILES string of the molecule is CCCONCC(=O)NC.CCNCOCNCOC.CCOCNCOCNCOC.CCONCCCNCOC.CCONCCONCCOC.CCONCCONCCOC.CNC(CCN(C=O)CN(C)C=O)CC(C)COC. The van der Waals surface area contributed by atoms with E-state index in [1.807, 2.05) is 48.6 Å². The van der Waals surface area contributed by atoms with Gasteiger partial charge in [-0.1, -0.05) is 20.8 Å². The fraction of sp³-hybridized carbons (Fsp3) is 0.943. The summed E-state index contributed by atoms with van der Waals surface area (Å²) in [5.74, 6) is 0.404. The molecule has 0 aromatic carbocycles. The monoisotopic (exact) mass is 1260 g/mol. The Morgan fingerprint density at radius 1 is 0.488 bits per heavy atom. The van der Waals surface area contributed by atoms with Crippen LogP contribution in [-0.2, 0) is 86.0 Å². The third-order valence-electron chi connectivity index (χ3n) is 9.18. The van der Waals surface area contributed by atoms with Crippen LogP contribution in [-0.4, -0.2) is 284 Å². The molecule has 0 heterocycles. The maximum absolute atomic E-state index is 10.9. The summed E-state index contributed by atoms with van der Waals surface area (Å²) in [6, 6.07) is 0.342. The van der Waals surface area contributed by atoms with Crippen LogP contribution in [0.5, 0.6) is 0 Å². The van der Waals surface area contributed by atoms with E-state index >= 15 is 0 Å². The quantitative estimate of drug-likeness (QED) is 0.0146. The molecular formula is C53H129N15O18. The van der Waals surface area contributed by atoms with Gasteiger partial charge in [0.25, 0.3) is 0 Å². The maximum atomic E-state index is 10.9. The number of hydrogen-bond acceptors (Lipinski definition) is 30. The van der Waals surface area contributed by atoms with Crippen molar-refractivity contribution in [1.82, 2.24) is 79.9 Å². The van der Waals surface area contributed by atoms with Crippen molar-refractivity contribution in [2.75, 3.05) is 249 Å². The summed E-state index contributed by atoms with van der Waals surface area (Å²) in [5.41, 5.74) is 16.3. The average Bonchev–Trinajstić information content (AvgIpc) is 3.57. The number of ether oxygens (including phenoxy) is 9. The molecule has 0 radical (unpaired) electrons. The van der Waals surface area contributed by atoms with Crippen molar-refractivity contribution >= 4 is 18.7 Å². The van der Waals surface area contributed by atoms with E-state index in [-0.39, 0.29) is 12.5 Å². The summed E-state index contributed by atoms with van der Waals surface area (Å²) >= 11 is 0. The lowest BCUT2D eigenvalue weighted by Crippen LogP contribution is -2.38. The number of nitrogens with one attached hydrogen (secondary N) is 13. The third-order valence-corrected chi connectivity index (χ3v) is 9.18. The minimum Gasteiger partial charge on any atom is -0.384 e. The molecule has 0 aliphatic heterocycles. The average molecular weight is 1260 g/mol. The van der Waals surface area contributed by atoms with Gasteiger partial charge in [0.05, 0.1) is 106 Å². The highest BCUT2D eigenvalue weighted by molar-refractivity contribution is 5.77. The van der Waals surface area contributed by atoms with E-state index in [2.05, 4.69) is 77.0 Å². The van der Waals surface area contributed by atoms with Crippen LogP contribution < -0.4 is 70.1 Å². The summed E-state index contributed by atoms with van der Waals surface area (Å²) in [5, 5.41) is 20.6. The molecular weight excluding hydrogens is 1130 g/mol. The Morgan fingerprint density at radius 3 is 1.38 bits per heavy atom. The Labute approximate surface area is 518 Å². The molecule has 0 aliphatic rings. The molecule has 0 aromatic heterocycles. The number of likely N-dealkylation sites (N-methyl/N-ethyl adjacent to an activating group) is 1. The molecule has 33 heteroatoms. The highest BCUT2D eigenvalue weighted by atomic mass is 16.7. The summed E-state index contributed by atoms with van der Waals surface area (Å²) in [4.78, 5) is 64.6. The molecule has 0 saturated carbocycles. The number of carbonyl (C=O) groups excluding carboxylic acids is 3. The van der Waals surface area contributed by atoms with E-state index in [1.165, 1.54) is 4.90 Å². The first-order valence-electron chi connectivity index (χ1n) is 29.5.